The molecule has 1 atom stereocenters. The highest BCUT2D eigenvalue weighted by atomic mass is 15.1. The number of pyridine rings is 1. The second kappa shape index (κ2) is 11.0. The van der Waals surface area contributed by atoms with Gasteiger partial charge >= 0.3 is 0 Å². The SMILES string of the molecule is CCC1c2ccc(-c3ccc(-c4ccc(-c5ccccc5)cc4)cc3)cc2-c2ccc(C(C)(C)C)c[n+]2C1(CC)CC. The van der Waals surface area contributed by atoms with E-state index in [9.17, 15) is 0 Å². The summed E-state index contributed by atoms with van der Waals surface area (Å²) in [5.74, 6) is 0.491. The quantitative estimate of drug-likeness (QED) is 0.185. The molecular weight excluding hydrogens is 506 g/mol. The lowest BCUT2D eigenvalue weighted by atomic mass is 9.68. The van der Waals surface area contributed by atoms with Crippen molar-refractivity contribution in [2.24, 2.45) is 0 Å². The summed E-state index contributed by atoms with van der Waals surface area (Å²) in [6, 6.07) is 40.5. The number of rotatable bonds is 6. The number of hydrogen-bond acceptors (Lipinski definition) is 0. The van der Waals surface area contributed by atoms with E-state index in [-0.39, 0.29) is 11.0 Å². The summed E-state index contributed by atoms with van der Waals surface area (Å²) in [5, 5.41) is 0. The van der Waals surface area contributed by atoms with Crippen molar-refractivity contribution < 1.29 is 4.57 Å². The van der Waals surface area contributed by atoms with Crippen LogP contribution in [0.15, 0.2) is 115 Å². The molecule has 0 amide bonds. The van der Waals surface area contributed by atoms with Gasteiger partial charge in [0, 0.05) is 30.4 Å². The smallest absolute Gasteiger partial charge is 0.192 e. The van der Waals surface area contributed by atoms with E-state index >= 15 is 0 Å². The van der Waals surface area contributed by atoms with Crippen molar-refractivity contribution >= 4 is 0 Å². The van der Waals surface area contributed by atoms with Crippen molar-refractivity contribution in [1.29, 1.82) is 0 Å². The summed E-state index contributed by atoms with van der Waals surface area (Å²) >= 11 is 0. The molecule has 0 saturated heterocycles. The van der Waals surface area contributed by atoms with Crippen LogP contribution in [0.5, 0.6) is 0 Å². The van der Waals surface area contributed by atoms with Gasteiger partial charge in [-0.25, -0.2) is 0 Å². The summed E-state index contributed by atoms with van der Waals surface area (Å²) in [5.41, 5.74) is 13.4. The molecule has 0 aliphatic carbocycles. The van der Waals surface area contributed by atoms with Gasteiger partial charge in [0.1, 0.15) is 0 Å². The van der Waals surface area contributed by atoms with Crippen molar-refractivity contribution in [2.45, 2.75) is 77.7 Å². The van der Waals surface area contributed by atoms with Gasteiger partial charge in [-0.3, -0.25) is 0 Å². The molecule has 6 rings (SSSR count). The minimum absolute atomic E-state index is 0.0948. The van der Waals surface area contributed by atoms with E-state index in [0.717, 1.165) is 19.3 Å². The molecule has 0 radical (unpaired) electrons. The molecule has 1 heteroatoms. The van der Waals surface area contributed by atoms with Crippen LogP contribution in [0.4, 0.5) is 0 Å². The predicted molar refractivity (Wildman–Crippen MR) is 179 cm³/mol. The number of hydrogen-bond donors (Lipinski definition) is 0. The molecule has 1 unspecified atom stereocenters. The molecule has 0 bridgehead atoms. The highest BCUT2D eigenvalue weighted by molar-refractivity contribution is 5.77. The molecule has 212 valence electrons. The van der Waals surface area contributed by atoms with Gasteiger partial charge in [0.15, 0.2) is 11.7 Å². The van der Waals surface area contributed by atoms with Crippen LogP contribution in [0, 0.1) is 0 Å². The van der Waals surface area contributed by atoms with Crippen LogP contribution in [-0.4, -0.2) is 0 Å². The molecule has 1 aliphatic heterocycles. The lowest BCUT2D eigenvalue weighted by Crippen LogP contribution is -2.62. The Labute approximate surface area is 252 Å². The Morgan fingerprint density at radius 1 is 0.595 bits per heavy atom. The number of fused-ring (bicyclic) bond motifs is 3. The van der Waals surface area contributed by atoms with Crippen LogP contribution < -0.4 is 4.57 Å². The third kappa shape index (κ3) is 4.79. The van der Waals surface area contributed by atoms with Gasteiger partial charge in [0.05, 0.1) is 5.56 Å². The summed E-state index contributed by atoms with van der Waals surface area (Å²) in [4.78, 5) is 0. The highest BCUT2D eigenvalue weighted by Crippen LogP contribution is 2.48. The molecule has 0 N–H and O–H groups in total. The van der Waals surface area contributed by atoms with Crippen molar-refractivity contribution in [3.8, 4) is 44.6 Å². The maximum atomic E-state index is 2.66. The van der Waals surface area contributed by atoms with E-state index in [0.29, 0.717) is 5.92 Å². The Morgan fingerprint density at radius 3 is 1.60 bits per heavy atom. The van der Waals surface area contributed by atoms with Crippen molar-refractivity contribution in [3.05, 3.63) is 127 Å². The Morgan fingerprint density at radius 2 is 1.10 bits per heavy atom. The molecular formula is C41H44N+. The fraction of sp³-hybridized carbons (Fsp3) is 0.293. The van der Waals surface area contributed by atoms with Crippen molar-refractivity contribution in [2.75, 3.05) is 0 Å². The van der Waals surface area contributed by atoms with E-state index in [2.05, 4.69) is 162 Å². The average Bonchev–Trinajstić information content (AvgIpc) is 3.03. The molecule has 0 fully saturated rings. The third-order valence-electron chi connectivity index (χ3n) is 9.82. The number of benzene rings is 4. The van der Waals surface area contributed by atoms with Crippen LogP contribution in [0.25, 0.3) is 44.6 Å². The Bertz CT molecular complexity index is 1680. The van der Waals surface area contributed by atoms with Crippen molar-refractivity contribution in [1.82, 2.24) is 0 Å². The molecule has 0 spiro atoms. The Kier molecular flexibility index (Phi) is 7.39. The molecule has 2 heterocycles. The largest absolute Gasteiger partial charge is 0.213 e. The zero-order valence-electron chi connectivity index (χ0n) is 26.1. The molecule has 42 heavy (non-hydrogen) atoms. The molecule has 0 saturated carbocycles. The summed E-state index contributed by atoms with van der Waals surface area (Å²) in [7, 11) is 0. The topological polar surface area (TPSA) is 3.88 Å². The fourth-order valence-electron chi connectivity index (χ4n) is 7.28. The van der Waals surface area contributed by atoms with E-state index in [1.165, 1.54) is 55.8 Å². The van der Waals surface area contributed by atoms with Gasteiger partial charge in [0.25, 0.3) is 0 Å². The third-order valence-corrected chi connectivity index (χ3v) is 9.82. The van der Waals surface area contributed by atoms with Crippen LogP contribution in [0.1, 0.15) is 77.8 Å². The molecule has 1 aromatic heterocycles. The van der Waals surface area contributed by atoms with E-state index < -0.39 is 0 Å². The Balaban J connectivity index is 1.37. The van der Waals surface area contributed by atoms with Crippen LogP contribution >= 0.6 is 0 Å². The zero-order chi connectivity index (χ0) is 29.5. The molecule has 1 aliphatic rings. The predicted octanol–water partition coefficient (Wildman–Crippen LogP) is 11.0. The summed E-state index contributed by atoms with van der Waals surface area (Å²) in [6.07, 6.45) is 5.86. The monoisotopic (exact) mass is 550 g/mol. The second-order valence-corrected chi connectivity index (χ2v) is 13.0. The average molecular weight is 551 g/mol. The van der Waals surface area contributed by atoms with E-state index in [4.69, 9.17) is 0 Å². The minimum Gasteiger partial charge on any atom is -0.192 e. The molecule has 5 aromatic rings. The van der Waals surface area contributed by atoms with Crippen LogP contribution in [0.3, 0.4) is 0 Å². The van der Waals surface area contributed by atoms with E-state index in [1.807, 2.05) is 0 Å². The minimum atomic E-state index is 0.0948. The van der Waals surface area contributed by atoms with Crippen LogP contribution in [-0.2, 0) is 11.0 Å². The fourth-order valence-corrected chi connectivity index (χ4v) is 7.28. The van der Waals surface area contributed by atoms with Gasteiger partial charge in [0.2, 0.25) is 5.69 Å². The summed E-state index contributed by atoms with van der Waals surface area (Å²) < 4.78 is 2.66. The van der Waals surface area contributed by atoms with Gasteiger partial charge in [-0.2, -0.15) is 4.57 Å². The van der Waals surface area contributed by atoms with Crippen LogP contribution in [0.2, 0.25) is 0 Å². The number of nitrogens with zero attached hydrogens (tertiary/aromatic N) is 1. The van der Waals surface area contributed by atoms with Gasteiger partial charge in [-0.1, -0.05) is 133 Å². The normalized spacial score (nSPS) is 15.6. The maximum absolute atomic E-state index is 2.66. The lowest BCUT2D eigenvalue weighted by Gasteiger charge is -2.40. The first-order valence-corrected chi connectivity index (χ1v) is 15.8. The maximum Gasteiger partial charge on any atom is 0.213 e. The van der Waals surface area contributed by atoms with E-state index in [1.54, 1.807) is 0 Å². The van der Waals surface area contributed by atoms with Gasteiger partial charge in [-0.05, 0) is 62.9 Å². The first kappa shape index (κ1) is 28.2. The molecule has 4 aromatic carbocycles. The first-order valence-electron chi connectivity index (χ1n) is 15.8. The van der Waals surface area contributed by atoms with Gasteiger partial charge < -0.3 is 0 Å². The standard InChI is InChI=1S/C41H44N/c1-7-38-36-25-23-34(27-37(36)39-26-24-35(40(4,5)6)28-42(39)41(38,8-2)9-3)33-21-19-32(20-22-33)31-17-15-30(16-18-31)29-13-11-10-12-14-29/h10-28,38H,7-9H2,1-6H3/q+1. The summed E-state index contributed by atoms with van der Waals surface area (Å²) in [6.45, 7) is 14.1. The zero-order valence-corrected chi connectivity index (χ0v) is 26.1. The Hall–Kier alpha value is -3.97. The molecule has 1 nitrogen and oxygen atoms in total. The second-order valence-electron chi connectivity index (χ2n) is 13.0. The number of aromatic nitrogens is 1. The lowest BCUT2D eigenvalue weighted by molar-refractivity contribution is -0.763. The highest BCUT2D eigenvalue weighted by Gasteiger charge is 2.50. The van der Waals surface area contributed by atoms with Crippen molar-refractivity contribution in [3.63, 3.8) is 0 Å². The van der Waals surface area contributed by atoms with Gasteiger partial charge in [-0.15, -0.1) is 0 Å². The first-order chi connectivity index (χ1) is 20.3.